The van der Waals surface area contributed by atoms with Crippen LogP contribution in [-0.4, -0.2) is 19.8 Å². The van der Waals surface area contributed by atoms with Crippen LogP contribution in [0.5, 0.6) is 0 Å². The fraction of sp³-hybridized carbons (Fsp3) is 0.200. The van der Waals surface area contributed by atoms with Crippen LogP contribution in [0.15, 0.2) is 53.4 Å². The van der Waals surface area contributed by atoms with Gasteiger partial charge >= 0.3 is 0 Å². The van der Waals surface area contributed by atoms with E-state index in [2.05, 4.69) is 5.32 Å². The Kier molecular flexibility index (Phi) is 4.42. The summed E-state index contributed by atoms with van der Waals surface area (Å²) in [5.74, 6) is 0. The number of aliphatic hydroxyl groups is 1. The maximum atomic E-state index is 11.3. The summed E-state index contributed by atoms with van der Waals surface area (Å²) in [6, 6.07) is 14.3. The third-order valence-corrected chi connectivity index (χ3v) is 4.11. The molecule has 2 N–H and O–H groups in total. The van der Waals surface area contributed by atoms with Crippen molar-refractivity contribution in [1.29, 1.82) is 0 Å². The molecule has 2 aromatic carbocycles. The smallest absolute Gasteiger partial charge is 0.175 e. The molecule has 0 aliphatic carbocycles. The normalized spacial score (nSPS) is 11.3. The molecular formula is C15H17NO3S. The molecule has 0 atom stereocenters. The van der Waals surface area contributed by atoms with Crippen LogP contribution in [0.4, 0.5) is 5.69 Å². The quantitative estimate of drug-likeness (QED) is 0.886. The zero-order chi connectivity index (χ0) is 14.6. The summed E-state index contributed by atoms with van der Waals surface area (Å²) < 4.78 is 22.7. The number of hydrogen-bond acceptors (Lipinski definition) is 4. The first-order chi connectivity index (χ1) is 9.49. The lowest BCUT2D eigenvalue weighted by atomic mass is 10.1. The van der Waals surface area contributed by atoms with E-state index in [1.165, 1.54) is 6.26 Å². The summed E-state index contributed by atoms with van der Waals surface area (Å²) in [7, 11) is -3.15. The van der Waals surface area contributed by atoms with Crippen molar-refractivity contribution in [2.75, 3.05) is 11.6 Å². The zero-order valence-corrected chi connectivity index (χ0v) is 12.0. The van der Waals surface area contributed by atoms with Crippen LogP contribution < -0.4 is 5.32 Å². The van der Waals surface area contributed by atoms with Crippen LogP contribution in [-0.2, 0) is 23.0 Å². The van der Waals surface area contributed by atoms with E-state index in [0.29, 0.717) is 11.4 Å². The van der Waals surface area contributed by atoms with E-state index in [0.717, 1.165) is 16.8 Å². The molecule has 0 heterocycles. The van der Waals surface area contributed by atoms with Gasteiger partial charge in [0.05, 0.1) is 11.5 Å². The van der Waals surface area contributed by atoms with Gasteiger partial charge < -0.3 is 10.4 Å². The first-order valence-corrected chi connectivity index (χ1v) is 8.11. The minimum absolute atomic E-state index is 0.0423. The highest BCUT2D eigenvalue weighted by atomic mass is 32.2. The van der Waals surface area contributed by atoms with Crippen molar-refractivity contribution in [2.24, 2.45) is 0 Å². The van der Waals surface area contributed by atoms with Crippen LogP contribution in [0, 0.1) is 0 Å². The molecule has 2 rings (SSSR count). The standard InChI is InChI=1S/C15H17NO3S/c1-20(18,19)15-8-6-14(7-9-15)16-10-12-2-4-13(11-17)5-3-12/h2-9,16-17H,10-11H2,1H3. The molecule has 4 nitrogen and oxygen atoms in total. The third-order valence-electron chi connectivity index (χ3n) is 2.98. The number of anilines is 1. The molecule has 5 heteroatoms. The number of benzene rings is 2. The summed E-state index contributed by atoms with van der Waals surface area (Å²) in [5.41, 5.74) is 2.84. The van der Waals surface area contributed by atoms with Gasteiger partial charge in [0.2, 0.25) is 0 Å². The fourth-order valence-corrected chi connectivity index (χ4v) is 2.42. The molecule has 0 saturated heterocycles. The minimum atomic E-state index is -3.15. The molecule has 0 bridgehead atoms. The van der Waals surface area contributed by atoms with Crippen molar-refractivity contribution in [1.82, 2.24) is 0 Å². The predicted octanol–water partition coefficient (Wildman–Crippen LogP) is 2.19. The van der Waals surface area contributed by atoms with Gasteiger partial charge in [0.25, 0.3) is 0 Å². The van der Waals surface area contributed by atoms with Gasteiger partial charge in [0.1, 0.15) is 0 Å². The van der Waals surface area contributed by atoms with Gasteiger partial charge in [-0.2, -0.15) is 0 Å². The molecule has 0 amide bonds. The lowest BCUT2D eigenvalue weighted by molar-refractivity contribution is 0.282. The highest BCUT2D eigenvalue weighted by Gasteiger charge is 2.05. The second-order valence-electron chi connectivity index (χ2n) is 4.62. The summed E-state index contributed by atoms with van der Waals surface area (Å²) in [6.07, 6.45) is 1.19. The molecule has 20 heavy (non-hydrogen) atoms. The highest BCUT2D eigenvalue weighted by Crippen LogP contribution is 2.15. The predicted molar refractivity (Wildman–Crippen MR) is 79.2 cm³/mol. The molecule has 0 aliphatic rings. The van der Waals surface area contributed by atoms with Gasteiger partial charge in [-0.15, -0.1) is 0 Å². The van der Waals surface area contributed by atoms with E-state index in [4.69, 9.17) is 5.11 Å². The van der Waals surface area contributed by atoms with Crippen molar-refractivity contribution in [3.8, 4) is 0 Å². The van der Waals surface area contributed by atoms with Crippen LogP contribution >= 0.6 is 0 Å². The van der Waals surface area contributed by atoms with E-state index in [9.17, 15) is 8.42 Å². The second kappa shape index (κ2) is 6.07. The average molecular weight is 291 g/mol. The van der Waals surface area contributed by atoms with E-state index in [1.54, 1.807) is 24.3 Å². The van der Waals surface area contributed by atoms with Gasteiger partial charge in [-0.05, 0) is 35.4 Å². The highest BCUT2D eigenvalue weighted by molar-refractivity contribution is 7.90. The number of aliphatic hydroxyl groups excluding tert-OH is 1. The van der Waals surface area contributed by atoms with Crippen molar-refractivity contribution in [2.45, 2.75) is 18.0 Å². The lowest BCUT2D eigenvalue weighted by Gasteiger charge is -2.08. The maximum absolute atomic E-state index is 11.3. The summed E-state index contributed by atoms with van der Waals surface area (Å²) in [5, 5.41) is 12.2. The summed E-state index contributed by atoms with van der Waals surface area (Å²) >= 11 is 0. The minimum Gasteiger partial charge on any atom is -0.392 e. The Balaban J connectivity index is 2.00. The Morgan fingerprint density at radius 3 is 2.00 bits per heavy atom. The molecule has 106 valence electrons. The van der Waals surface area contributed by atoms with Crippen LogP contribution in [0.2, 0.25) is 0 Å². The maximum Gasteiger partial charge on any atom is 0.175 e. The molecule has 2 aromatic rings. The molecule has 0 fully saturated rings. The van der Waals surface area contributed by atoms with E-state index < -0.39 is 9.84 Å². The Morgan fingerprint density at radius 2 is 1.50 bits per heavy atom. The topological polar surface area (TPSA) is 66.4 Å². The van der Waals surface area contributed by atoms with Crippen LogP contribution in [0.25, 0.3) is 0 Å². The Hall–Kier alpha value is -1.85. The monoisotopic (exact) mass is 291 g/mol. The van der Waals surface area contributed by atoms with Crippen molar-refractivity contribution < 1.29 is 13.5 Å². The van der Waals surface area contributed by atoms with Crippen LogP contribution in [0.1, 0.15) is 11.1 Å². The Morgan fingerprint density at radius 1 is 0.950 bits per heavy atom. The third kappa shape index (κ3) is 3.82. The largest absolute Gasteiger partial charge is 0.392 e. The molecule has 0 aromatic heterocycles. The summed E-state index contributed by atoms with van der Waals surface area (Å²) in [6.45, 7) is 0.685. The second-order valence-corrected chi connectivity index (χ2v) is 6.64. The van der Waals surface area contributed by atoms with Gasteiger partial charge in [-0.25, -0.2) is 8.42 Å². The van der Waals surface area contributed by atoms with Crippen molar-refractivity contribution >= 4 is 15.5 Å². The SMILES string of the molecule is CS(=O)(=O)c1ccc(NCc2ccc(CO)cc2)cc1. The number of sulfone groups is 1. The summed E-state index contributed by atoms with van der Waals surface area (Å²) in [4.78, 5) is 0.315. The molecular weight excluding hydrogens is 274 g/mol. The number of rotatable bonds is 5. The number of nitrogens with one attached hydrogen (secondary N) is 1. The zero-order valence-electron chi connectivity index (χ0n) is 11.2. The van der Waals surface area contributed by atoms with Gasteiger partial charge in [-0.1, -0.05) is 24.3 Å². The Labute approximate surface area is 119 Å². The average Bonchev–Trinajstić information content (AvgIpc) is 2.45. The van der Waals surface area contributed by atoms with E-state index in [1.807, 2.05) is 24.3 Å². The Bertz CT molecular complexity index is 661. The number of hydrogen-bond donors (Lipinski definition) is 2. The van der Waals surface area contributed by atoms with Gasteiger partial charge in [0, 0.05) is 18.5 Å². The molecule has 0 unspecified atom stereocenters. The van der Waals surface area contributed by atoms with E-state index in [-0.39, 0.29) is 6.61 Å². The first-order valence-electron chi connectivity index (χ1n) is 6.22. The fourth-order valence-electron chi connectivity index (χ4n) is 1.79. The molecule has 0 saturated carbocycles. The molecule has 0 aliphatic heterocycles. The van der Waals surface area contributed by atoms with Crippen molar-refractivity contribution in [3.63, 3.8) is 0 Å². The van der Waals surface area contributed by atoms with Crippen LogP contribution in [0.3, 0.4) is 0 Å². The lowest BCUT2D eigenvalue weighted by Crippen LogP contribution is -2.01. The van der Waals surface area contributed by atoms with Crippen molar-refractivity contribution in [3.05, 3.63) is 59.7 Å². The van der Waals surface area contributed by atoms with Gasteiger partial charge in [-0.3, -0.25) is 0 Å². The first kappa shape index (κ1) is 14.6. The molecule has 0 radical (unpaired) electrons. The van der Waals surface area contributed by atoms with Gasteiger partial charge in [0.15, 0.2) is 9.84 Å². The molecule has 0 spiro atoms. The van der Waals surface area contributed by atoms with E-state index >= 15 is 0 Å².